The van der Waals surface area contributed by atoms with Crippen molar-refractivity contribution in [3.05, 3.63) is 60.4 Å². The molecule has 192 valence electrons. The number of anilines is 3. The van der Waals surface area contributed by atoms with Crippen molar-refractivity contribution in [2.45, 2.75) is 32.8 Å². The molecule has 37 heavy (non-hydrogen) atoms. The van der Waals surface area contributed by atoms with E-state index >= 15 is 0 Å². The number of esters is 1. The zero-order valence-electron chi connectivity index (χ0n) is 21.3. The third-order valence-electron chi connectivity index (χ3n) is 6.88. The summed E-state index contributed by atoms with van der Waals surface area (Å²) in [4.78, 5) is 37.9. The van der Waals surface area contributed by atoms with Gasteiger partial charge in [0, 0.05) is 36.7 Å². The predicted octanol–water partition coefficient (Wildman–Crippen LogP) is 4.52. The van der Waals surface area contributed by atoms with Gasteiger partial charge < -0.3 is 19.7 Å². The van der Waals surface area contributed by atoms with E-state index in [2.05, 4.69) is 22.2 Å². The number of carbonyl (C=O) groups is 2. The summed E-state index contributed by atoms with van der Waals surface area (Å²) in [6.45, 7) is 5.73. The highest BCUT2D eigenvalue weighted by molar-refractivity contribution is 6.03. The van der Waals surface area contributed by atoms with Crippen LogP contribution in [0.2, 0.25) is 0 Å². The van der Waals surface area contributed by atoms with E-state index in [1.807, 2.05) is 54.3 Å². The number of fused-ring (bicyclic) bond motifs is 1. The van der Waals surface area contributed by atoms with E-state index in [1.54, 1.807) is 17.3 Å². The van der Waals surface area contributed by atoms with Gasteiger partial charge in [0.2, 0.25) is 5.95 Å². The number of nitrogens with zero attached hydrogens (tertiary/aromatic N) is 4. The Morgan fingerprint density at radius 3 is 2.65 bits per heavy atom. The molecule has 1 N–H and O–H groups in total. The van der Waals surface area contributed by atoms with Gasteiger partial charge in [-0.2, -0.15) is 0 Å². The summed E-state index contributed by atoms with van der Waals surface area (Å²) in [6, 6.07) is 13.4. The molecule has 2 aromatic carbocycles. The number of hydrogen-bond donors (Lipinski definition) is 1. The highest BCUT2D eigenvalue weighted by Gasteiger charge is 2.31. The van der Waals surface area contributed by atoms with Gasteiger partial charge in [-0.15, -0.1) is 0 Å². The van der Waals surface area contributed by atoms with Crippen LogP contribution in [0.25, 0.3) is 11.1 Å². The van der Waals surface area contributed by atoms with Gasteiger partial charge in [-0.05, 0) is 49.1 Å². The molecule has 9 heteroatoms. The number of para-hydroxylation sites is 1. The zero-order valence-corrected chi connectivity index (χ0v) is 21.3. The molecule has 0 bridgehead atoms. The summed E-state index contributed by atoms with van der Waals surface area (Å²) in [5, 5.41) is 3.06. The third-order valence-corrected chi connectivity index (χ3v) is 6.88. The average Bonchev–Trinajstić information content (AvgIpc) is 3.42. The number of aryl methyl sites for hydroxylation is 1. The monoisotopic (exact) mass is 501 g/mol. The van der Waals surface area contributed by atoms with Gasteiger partial charge in [0.05, 0.1) is 25.3 Å². The molecule has 1 fully saturated rings. The largest absolute Gasteiger partial charge is 0.487 e. The van der Waals surface area contributed by atoms with Gasteiger partial charge in [-0.25, -0.2) is 14.8 Å². The number of nitrogens with one attached hydrogen (secondary N) is 1. The molecule has 3 heterocycles. The Hall–Kier alpha value is -4.14. The van der Waals surface area contributed by atoms with Gasteiger partial charge >= 0.3 is 12.0 Å². The van der Waals surface area contributed by atoms with Crippen molar-refractivity contribution in [1.29, 1.82) is 0 Å². The van der Waals surface area contributed by atoms with Crippen LogP contribution >= 0.6 is 0 Å². The Bertz CT molecular complexity index is 1300. The lowest BCUT2D eigenvalue weighted by atomic mass is 10.1. The van der Waals surface area contributed by atoms with Gasteiger partial charge in [-0.1, -0.05) is 31.2 Å². The van der Waals surface area contributed by atoms with E-state index in [0.29, 0.717) is 31.3 Å². The first-order valence-corrected chi connectivity index (χ1v) is 12.6. The van der Waals surface area contributed by atoms with Crippen LogP contribution in [-0.2, 0) is 16.0 Å². The quantitative estimate of drug-likeness (QED) is 0.513. The number of rotatable bonds is 5. The van der Waals surface area contributed by atoms with Gasteiger partial charge in [0.15, 0.2) is 0 Å². The molecule has 0 aliphatic carbocycles. The minimum Gasteiger partial charge on any atom is -0.487 e. The minimum absolute atomic E-state index is 0.149. The van der Waals surface area contributed by atoms with Crippen molar-refractivity contribution in [2.75, 3.05) is 41.9 Å². The molecule has 2 aliphatic rings. The molecule has 1 aromatic heterocycles. The minimum atomic E-state index is -0.195. The van der Waals surface area contributed by atoms with E-state index in [-0.39, 0.29) is 24.0 Å². The fraction of sp³-hybridized carbons (Fsp3) is 0.357. The molecule has 5 rings (SSSR count). The molecule has 0 spiro atoms. The smallest absolute Gasteiger partial charge is 0.326 e. The Labute approximate surface area is 216 Å². The molecular formula is C28H31N5O4. The normalized spacial score (nSPS) is 18.7. The fourth-order valence-electron chi connectivity index (χ4n) is 4.88. The number of carbonyl (C=O) groups excluding carboxylic acids is 2. The lowest BCUT2D eigenvalue weighted by Gasteiger charge is -2.34. The van der Waals surface area contributed by atoms with E-state index in [1.165, 1.54) is 7.11 Å². The van der Waals surface area contributed by atoms with Crippen LogP contribution in [0.15, 0.2) is 54.9 Å². The molecule has 0 radical (unpaired) electrons. The zero-order chi connectivity index (χ0) is 25.9. The first-order valence-electron chi connectivity index (χ1n) is 12.6. The first kappa shape index (κ1) is 24.5. The van der Waals surface area contributed by atoms with E-state index in [0.717, 1.165) is 40.9 Å². The standard InChI is InChI=1S/C28H31N5O4/c1-4-19-7-5-6-8-23(19)31-28(35)33-16-18(2)37-25-13-20(9-10-24(25)33)22-14-29-27(30-15-22)32-12-11-21(17-32)26(34)36-3/h5-10,13-15,18,21H,4,11-12,16-17H2,1-3H3,(H,31,35). The van der Waals surface area contributed by atoms with Crippen molar-refractivity contribution in [2.24, 2.45) is 5.92 Å². The van der Waals surface area contributed by atoms with Crippen LogP contribution in [0.3, 0.4) is 0 Å². The number of ether oxygens (including phenoxy) is 2. The summed E-state index contributed by atoms with van der Waals surface area (Å²) in [7, 11) is 1.41. The second-order valence-electron chi connectivity index (χ2n) is 9.39. The summed E-state index contributed by atoms with van der Waals surface area (Å²) in [5.74, 6) is 0.885. The predicted molar refractivity (Wildman–Crippen MR) is 142 cm³/mol. The number of aromatic nitrogens is 2. The van der Waals surface area contributed by atoms with Gasteiger partial charge in [-0.3, -0.25) is 9.69 Å². The van der Waals surface area contributed by atoms with E-state index in [9.17, 15) is 9.59 Å². The molecule has 9 nitrogen and oxygen atoms in total. The van der Waals surface area contributed by atoms with E-state index in [4.69, 9.17) is 9.47 Å². The van der Waals surface area contributed by atoms with Crippen LogP contribution in [0.1, 0.15) is 25.8 Å². The molecule has 0 saturated carbocycles. The second kappa shape index (κ2) is 10.5. The first-order chi connectivity index (χ1) is 18.0. The van der Waals surface area contributed by atoms with Gasteiger partial charge in [0.1, 0.15) is 11.9 Å². The molecule has 2 unspecified atom stereocenters. The van der Waals surface area contributed by atoms with Crippen LogP contribution in [0, 0.1) is 5.92 Å². The summed E-state index contributed by atoms with van der Waals surface area (Å²) in [6.07, 6.45) is 4.94. The van der Waals surface area contributed by atoms with Gasteiger partial charge in [0.25, 0.3) is 0 Å². The van der Waals surface area contributed by atoms with Crippen molar-refractivity contribution in [1.82, 2.24) is 9.97 Å². The lowest BCUT2D eigenvalue weighted by Crippen LogP contribution is -2.44. The molecular weight excluding hydrogens is 470 g/mol. The Balaban J connectivity index is 1.33. The highest BCUT2D eigenvalue weighted by atomic mass is 16.5. The molecule has 3 aromatic rings. The molecule has 2 amide bonds. The summed E-state index contributed by atoms with van der Waals surface area (Å²) >= 11 is 0. The SMILES string of the molecule is CCc1ccccc1NC(=O)N1CC(C)Oc2cc(-c3cnc(N4CCC(C(=O)OC)C4)nc3)ccc21. The van der Waals surface area contributed by atoms with Crippen LogP contribution in [0.5, 0.6) is 5.75 Å². The van der Waals surface area contributed by atoms with Crippen molar-refractivity contribution in [3.8, 4) is 16.9 Å². The Morgan fingerprint density at radius 2 is 1.89 bits per heavy atom. The Morgan fingerprint density at radius 1 is 1.11 bits per heavy atom. The fourth-order valence-corrected chi connectivity index (χ4v) is 4.88. The number of methoxy groups -OCH3 is 1. The maximum Gasteiger partial charge on any atom is 0.326 e. The lowest BCUT2D eigenvalue weighted by molar-refractivity contribution is -0.144. The third kappa shape index (κ3) is 5.07. The molecule has 2 aliphatic heterocycles. The van der Waals surface area contributed by atoms with Crippen LogP contribution in [-0.4, -0.2) is 54.8 Å². The second-order valence-corrected chi connectivity index (χ2v) is 9.39. The van der Waals surface area contributed by atoms with E-state index < -0.39 is 0 Å². The molecule has 1 saturated heterocycles. The summed E-state index contributed by atoms with van der Waals surface area (Å²) in [5.41, 5.74) is 4.36. The topological polar surface area (TPSA) is 96.9 Å². The maximum atomic E-state index is 13.3. The maximum absolute atomic E-state index is 13.3. The van der Waals surface area contributed by atoms with Crippen molar-refractivity contribution < 1.29 is 19.1 Å². The van der Waals surface area contributed by atoms with Crippen LogP contribution in [0.4, 0.5) is 22.1 Å². The number of benzene rings is 2. The highest BCUT2D eigenvalue weighted by Crippen LogP contribution is 2.37. The average molecular weight is 502 g/mol. The number of urea groups is 1. The van der Waals surface area contributed by atoms with Crippen molar-refractivity contribution in [3.63, 3.8) is 0 Å². The summed E-state index contributed by atoms with van der Waals surface area (Å²) < 4.78 is 11.0. The molecule has 2 atom stereocenters. The van der Waals surface area contributed by atoms with Crippen LogP contribution < -0.4 is 19.9 Å². The number of amides is 2. The Kier molecular flexibility index (Phi) is 6.94. The van der Waals surface area contributed by atoms with Crippen molar-refractivity contribution >= 4 is 29.3 Å². The number of hydrogen-bond acceptors (Lipinski definition) is 7.